The van der Waals surface area contributed by atoms with Crippen molar-refractivity contribution in [3.8, 4) is 0 Å². The summed E-state index contributed by atoms with van der Waals surface area (Å²) in [5.74, 6) is -1.59. The molecule has 1 rings (SSSR count). The average Bonchev–Trinajstić information content (AvgIpc) is 2.42. The molecule has 2 atom stereocenters. The maximum absolute atomic E-state index is 13.3. The summed E-state index contributed by atoms with van der Waals surface area (Å²) in [6, 6.07) is 4.21. The van der Waals surface area contributed by atoms with Gasteiger partial charge in [-0.05, 0) is 44.0 Å². The van der Waals surface area contributed by atoms with E-state index in [0.29, 0.717) is 13.0 Å². The second-order valence-corrected chi connectivity index (χ2v) is 4.90. The SMILES string of the molecule is CCCC(OCC)C(Cc1ccc(F)c(F)c1)NCC. The zero-order valence-corrected chi connectivity index (χ0v) is 12.6. The lowest BCUT2D eigenvalue weighted by atomic mass is 9.98. The number of benzene rings is 1. The number of nitrogens with one attached hydrogen (secondary N) is 1. The van der Waals surface area contributed by atoms with Gasteiger partial charge in [-0.3, -0.25) is 0 Å². The Morgan fingerprint density at radius 1 is 1.15 bits per heavy atom. The Hall–Kier alpha value is -1.00. The molecule has 20 heavy (non-hydrogen) atoms. The van der Waals surface area contributed by atoms with Gasteiger partial charge in [-0.15, -0.1) is 0 Å². The molecule has 2 unspecified atom stereocenters. The molecule has 2 nitrogen and oxygen atoms in total. The third-order valence-electron chi connectivity index (χ3n) is 3.31. The molecule has 1 N–H and O–H groups in total. The number of hydrogen-bond acceptors (Lipinski definition) is 2. The Morgan fingerprint density at radius 2 is 1.90 bits per heavy atom. The smallest absolute Gasteiger partial charge is 0.159 e. The van der Waals surface area contributed by atoms with E-state index in [1.807, 2.05) is 13.8 Å². The predicted octanol–water partition coefficient (Wildman–Crippen LogP) is 3.69. The van der Waals surface area contributed by atoms with Gasteiger partial charge < -0.3 is 10.1 Å². The van der Waals surface area contributed by atoms with Crippen LogP contribution >= 0.6 is 0 Å². The molecule has 1 aromatic carbocycles. The summed E-state index contributed by atoms with van der Waals surface area (Å²) in [4.78, 5) is 0. The molecule has 0 saturated heterocycles. The molecule has 0 aliphatic heterocycles. The molecule has 0 aliphatic rings. The maximum atomic E-state index is 13.3. The molecular formula is C16H25F2NO. The van der Waals surface area contributed by atoms with Crippen LogP contribution in [0.2, 0.25) is 0 Å². The van der Waals surface area contributed by atoms with E-state index in [4.69, 9.17) is 4.74 Å². The number of halogens is 2. The Bertz CT molecular complexity index is 392. The standard InChI is InChI=1S/C16H25F2NO/c1-4-7-16(20-6-3)15(19-5-2)11-12-8-9-13(17)14(18)10-12/h8-10,15-16,19H,4-7,11H2,1-3H3. The summed E-state index contributed by atoms with van der Waals surface area (Å²) in [5, 5.41) is 3.39. The zero-order chi connectivity index (χ0) is 15.0. The lowest BCUT2D eigenvalue weighted by Gasteiger charge is -2.27. The van der Waals surface area contributed by atoms with Gasteiger partial charge in [0.15, 0.2) is 11.6 Å². The van der Waals surface area contributed by atoms with Gasteiger partial charge in [-0.2, -0.15) is 0 Å². The number of hydrogen-bond donors (Lipinski definition) is 1. The van der Waals surface area contributed by atoms with Crippen LogP contribution in [0, 0.1) is 11.6 Å². The highest BCUT2D eigenvalue weighted by Gasteiger charge is 2.21. The number of likely N-dealkylation sites (N-methyl/N-ethyl adjacent to an activating group) is 1. The zero-order valence-electron chi connectivity index (χ0n) is 12.6. The van der Waals surface area contributed by atoms with Crippen molar-refractivity contribution in [2.45, 2.75) is 52.2 Å². The Kier molecular flexibility index (Phi) is 7.70. The van der Waals surface area contributed by atoms with E-state index in [1.165, 1.54) is 12.1 Å². The predicted molar refractivity (Wildman–Crippen MR) is 77.8 cm³/mol. The van der Waals surface area contributed by atoms with Gasteiger partial charge in [-0.1, -0.05) is 26.3 Å². The van der Waals surface area contributed by atoms with Gasteiger partial charge in [0.25, 0.3) is 0 Å². The van der Waals surface area contributed by atoms with Gasteiger partial charge in [0, 0.05) is 12.6 Å². The molecule has 1 aromatic rings. The first kappa shape index (κ1) is 17.1. The third kappa shape index (κ3) is 5.17. The van der Waals surface area contributed by atoms with E-state index < -0.39 is 11.6 Å². The van der Waals surface area contributed by atoms with Crippen molar-refractivity contribution in [3.05, 3.63) is 35.4 Å². The lowest BCUT2D eigenvalue weighted by molar-refractivity contribution is 0.0285. The van der Waals surface area contributed by atoms with Crippen molar-refractivity contribution in [1.82, 2.24) is 5.32 Å². The first-order valence-corrected chi connectivity index (χ1v) is 7.41. The monoisotopic (exact) mass is 285 g/mol. The second kappa shape index (κ2) is 9.03. The highest BCUT2D eigenvalue weighted by atomic mass is 19.2. The van der Waals surface area contributed by atoms with Gasteiger partial charge in [-0.25, -0.2) is 8.78 Å². The molecule has 0 saturated carbocycles. The van der Waals surface area contributed by atoms with E-state index in [0.717, 1.165) is 24.9 Å². The van der Waals surface area contributed by atoms with Crippen LogP contribution in [0.5, 0.6) is 0 Å². The van der Waals surface area contributed by atoms with Crippen molar-refractivity contribution in [3.63, 3.8) is 0 Å². The van der Waals surface area contributed by atoms with Crippen LogP contribution in [0.1, 0.15) is 39.2 Å². The molecule has 0 fully saturated rings. The molecule has 0 amide bonds. The fraction of sp³-hybridized carbons (Fsp3) is 0.625. The molecule has 0 aromatic heterocycles. The number of rotatable bonds is 9. The van der Waals surface area contributed by atoms with E-state index in [9.17, 15) is 8.78 Å². The van der Waals surface area contributed by atoms with Crippen molar-refractivity contribution < 1.29 is 13.5 Å². The van der Waals surface area contributed by atoms with E-state index in [2.05, 4.69) is 12.2 Å². The van der Waals surface area contributed by atoms with Crippen molar-refractivity contribution in [1.29, 1.82) is 0 Å². The largest absolute Gasteiger partial charge is 0.377 e. The van der Waals surface area contributed by atoms with Gasteiger partial charge >= 0.3 is 0 Å². The van der Waals surface area contributed by atoms with Crippen LogP contribution < -0.4 is 5.32 Å². The molecule has 4 heteroatoms. The van der Waals surface area contributed by atoms with Crippen molar-refractivity contribution >= 4 is 0 Å². The van der Waals surface area contributed by atoms with Crippen molar-refractivity contribution in [2.75, 3.05) is 13.2 Å². The van der Waals surface area contributed by atoms with Crippen molar-refractivity contribution in [2.24, 2.45) is 0 Å². The minimum absolute atomic E-state index is 0.0954. The van der Waals surface area contributed by atoms with Gasteiger partial charge in [0.05, 0.1) is 6.10 Å². The van der Waals surface area contributed by atoms with Gasteiger partial charge in [0.1, 0.15) is 0 Å². The minimum atomic E-state index is -0.802. The van der Waals surface area contributed by atoms with Crippen LogP contribution in [0.25, 0.3) is 0 Å². The molecular weight excluding hydrogens is 260 g/mol. The van der Waals surface area contributed by atoms with Crippen LogP contribution in [-0.4, -0.2) is 25.3 Å². The Balaban J connectivity index is 2.80. The lowest BCUT2D eigenvalue weighted by Crippen LogP contribution is -2.43. The molecule has 0 radical (unpaired) electrons. The quantitative estimate of drug-likeness (QED) is 0.747. The average molecular weight is 285 g/mol. The van der Waals surface area contributed by atoms with E-state index in [1.54, 1.807) is 6.07 Å². The summed E-state index contributed by atoms with van der Waals surface area (Å²) in [7, 11) is 0. The van der Waals surface area contributed by atoms with Gasteiger partial charge in [0.2, 0.25) is 0 Å². The van der Waals surface area contributed by atoms with E-state index >= 15 is 0 Å². The fourth-order valence-electron chi connectivity index (χ4n) is 2.42. The molecule has 114 valence electrons. The second-order valence-electron chi connectivity index (χ2n) is 4.90. The Morgan fingerprint density at radius 3 is 2.45 bits per heavy atom. The van der Waals surface area contributed by atoms with E-state index in [-0.39, 0.29) is 12.1 Å². The highest BCUT2D eigenvalue weighted by molar-refractivity contribution is 5.19. The fourth-order valence-corrected chi connectivity index (χ4v) is 2.42. The minimum Gasteiger partial charge on any atom is -0.377 e. The highest BCUT2D eigenvalue weighted by Crippen LogP contribution is 2.15. The summed E-state index contributed by atoms with van der Waals surface area (Å²) in [6.07, 6.45) is 2.72. The number of ether oxygens (including phenoxy) is 1. The van der Waals surface area contributed by atoms with Crippen LogP contribution in [0.15, 0.2) is 18.2 Å². The molecule has 0 aliphatic carbocycles. The summed E-state index contributed by atoms with van der Waals surface area (Å²) >= 11 is 0. The summed E-state index contributed by atoms with van der Waals surface area (Å²) in [5.41, 5.74) is 0.788. The first-order valence-electron chi connectivity index (χ1n) is 7.41. The summed E-state index contributed by atoms with van der Waals surface area (Å²) < 4.78 is 32.0. The van der Waals surface area contributed by atoms with Crippen LogP contribution in [0.3, 0.4) is 0 Å². The molecule has 0 bridgehead atoms. The van der Waals surface area contributed by atoms with Crippen LogP contribution in [0.4, 0.5) is 8.78 Å². The summed E-state index contributed by atoms with van der Waals surface area (Å²) in [6.45, 7) is 7.61. The third-order valence-corrected chi connectivity index (χ3v) is 3.31. The molecule has 0 heterocycles. The topological polar surface area (TPSA) is 21.3 Å². The first-order chi connectivity index (χ1) is 9.62. The molecule has 0 spiro atoms. The maximum Gasteiger partial charge on any atom is 0.159 e. The normalized spacial score (nSPS) is 14.2. The Labute approximate surface area is 120 Å². The van der Waals surface area contributed by atoms with Crippen LogP contribution in [-0.2, 0) is 11.2 Å².